The second-order valence-corrected chi connectivity index (χ2v) is 6.00. The molecule has 1 atom stereocenters. The van der Waals surface area contributed by atoms with Crippen molar-refractivity contribution in [2.24, 2.45) is 5.92 Å². The zero-order valence-corrected chi connectivity index (χ0v) is 13.6. The molecule has 0 bridgehead atoms. The molecule has 0 saturated heterocycles. The summed E-state index contributed by atoms with van der Waals surface area (Å²) < 4.78 is 0. The minimum Gasteiger partial charge on any atom is -0.352 e. The highest BCUT2D eigenvalue weighted by Crippen LogP contribution is 2.06. The molecule has 0 fully saturated rings. The lowest BCUT2D eigenvalue weighted by Gasteiger charge is -2.16. The van der Waals surface area contributed by atoms with Gasteiger partial charge in [0.1, 0.15) is 6.54 Å². The van der Waals surface area contributed by atoms with Crippen molar-refractivity contribution in [2.45, 2.75) is 46.7 Å². The minimum atomic E-state index is -0.0968. The number of rotatable bonds is 6. The van der Waals surface area contributed by atoms with Gasteiger partial charge >= 0.3 is 0 Å². The Bertz CT molecular complexity index is 618. The lowest BCUT2D eigenvalue weighted by Crippen LogP contribution is -2.38. The highest BCUT2D eigenvalue weighted by molar-refractivity contribution is 5.75. The normalized spacial score (nSPS) is 12.4. The van der Waals surface area contributed by atoms with Crippen LogP contribution >= 0.6 is 0 Å². The van der Waals surface area contributed by atoms with Gasteiger partial charge in [0.2, 0.25) is 5.91 Å². The average molecular weight is 301 g/mol. The molecule has 1 N–H and O–H groups in total. The Kier molecular flexibility index (Phi) is 5.25. The van der Waals surface area contributed by atoms with Gasteiger partial charge in [-0.15, -0.1) is 10.2 Å². The van der Waals surface area contributed by atoms with Crippen molar-refractivity contribution in [3.05, 3.63) is 41.2 Å². The van der Waals surface area contributed by atoms with E-state index >= 15 is 0 Å². The summed E-state index contributed by atoms with van der Waals surface area (Å²) in [6.07, 6.45) is 0.615. The first-order valence-corrected chi connectivity index (χ1v) is 7.55. The highest BCUT2D eigenvalue weighted by Gasteiger charge is 2.13. The van der Waals surface area contributed by atoms with Crippen molar-refractivity contribution >= 4 is 5.91 Å². The van der Waals surface area contributed by atoms with Crippen LogP contribution < -0.4 is 5.32 Å². The monoisotopic (exact) mass is 301 g/mol. The van der Waals surface area contributed by atoms with E-state index in [9.17, 15) is 4.79 Å². The second kappa shape index (κ2) is 7.15. The largest absolute Gasteiger partial charge is 0.352 e. The Morgan fingerprint density at radius 3 is 2.55 bits per heavy atom. The molecule has 2 rings (SSSR count). The van der Waals surface area contributed by atoms with Crippen molar-refractivity contribution < 1.29 is 4.79 Å². The molecular formula is C16H23N5O. The van der Waals surface area contributed by atoms with Crippen LogP contribution in [0.4, 0.5) is 0 Å². The minimum absolute atomic E-state index is 0.0952. The quantitative estimate of drug-likeness (QED) is 0.882. The average Bonchev–Trinajstić information content (AvgIpc) is 2.88. The van der Waals surface area contributed by atoms with Crippen LogP contribution in [-0.2, 0) is 17.8 Å². The van der Waals surface area contributed by atoms with Crippen LogP contribution in [0.1, 0.15) is 37.7 Å². The number of hydrogen-bond acceptors (Lipinski definition) is 4. The van der Waals surface area contributed by atoms with E-state index in [4.69, 9.17) is 0 Å². The van der Waals surface area contributed by atoms with Crippen LogP contribution in [0.3, 0.4) is 0 Å². The SMILES string of the molecule is Cc1ccc(Cc2nnn(CC(=O)N[C@@H](C)C(C)C)n2)cc1. The van der Waals surface area contributed by atoms with Crippen molar-refractivity contribution in [3.8, 4) is 0 Å². The molecule has 0 spiro atoms. The summed E-state index contributed by atoms with van der Waals surface area (Å²) in [7, 11) is 0. The van der Waals surface area contributed by atoms with E-state index in [-0.39, 0.29) is 18.5 Å². The summed E-state index contributed by atoms with van der Waals surface area (Å²) in [4.78, 5) is 13.2. The molecular weight excluding hydrogens is 278 g/mol. The first-order valence-electron chi connectivity index (χ1n) is 7.55. The third kappa shape index (κ3) is 4.65. The summed E-state index contributed by atoms with van der Waals surface area (Å²) in [5, 5.41) is 15.1. The van der Waals surface area contributed by atoms with Crippen molar-refractivity contribution in [3.63, 3.8) is 0 Å². The van der Waals surface area contributed by atoms with Crippen LogP contribution in [0.15, 0.2) is 24.3 Å². The van der Waals surface area contributed by atoms with Gasteiger partial charge in [-0.2, -0.15) is 4.80 Å². The Morgan fingerprint density at radius 1 is 1.23 bits per heavy atom. The number of aromatic nitrogens is 4. The summed E-state index contributed by atoms with van der Waals surface area (Å²) in [5.41, 5.74) is 2.35. The summed E-state index contributed by atoms with van der Waals surface area (Å²) >= 11 is 0. The molecule has 0 aliphatic carbocycles. The first kappa shape index (κ1) is 16.1. The molecule has 1 aromatic heterocycles. The predicted octanol–water partition coefficient (Wildman–Crippen LogP) is 1.73. The third-order valence-electron chi connectivity index (χ3n) is 3.65. The maximum atomic E-state index is 11.9. The molecule has 0 radical (unpaired) electrons. The predicted molar refractivity (Wildman–Crippen MR) is 84.2 cm³/mol. The zero-order valence-electron chi connectivity index (χ0n) is 13.6. The van der Waals surface area contributed by atoms with Gasteiger partial charge in [-0.1, -0.05) is 43.7 Å². The molecule has 6 heteroatoms. The number of nitrogens with zero attached hydrogens (tertiary/aromatic N) is 4. The molecule has 6 nitrogen and oxygen atoms in total. The van der Waals surface area contributed by atoms with Gasteiger partial charge in [0.15, 0.2) is 5.82 Å². The number of amides is 1. The molecule has 2 aromatic rings. The van der Waals surface area contributed by atoms with E-state index in [0.29, 0.717) is 18.2 Å². The number of tetrazole rings is 1. The van der Waals surface area contributed by atoms with Gasteiger partial charge in [0.05, 0.1) is 0 Å². The third-order valence-corrected chi connectivity index (χ3v) is 3.65. The lowest BCUT2D eigenvalue weighted by atomic mass is 10.1. The molecule has 118 valence electrons. The highest BCUT2D eigenvalue weighted by atomic mass is 16.2. The maximum Gasteiger partial charge on any atom is 0.243 e. The number of carbonyl (C=O) groups excluding carboxylic acids is 1. The van der Waals surface area contributed by atoms with Crippen molar-refractivity contribution in [1.29, 1.82) is 0 Å². The Hall–Kier alpha value is -2.24. The second-order valence-electron chi connectivity index (χ2n) is 6.00. The first-order chi connectivity index (χ1) is 10.4. The van der Waals surface area contributed by atoms with Gasteiger partial charge in [-0.25, -0.2) is 0 Å². The van der Waals surface area contributed by atoms with Crippen LogP contribution in [0.5, 0.6) is 0 Å². The Balaban J connectivity index is 1.91. The zero-order chi connectivity index (χ0) is 16.1. The molecule has 0 aliphatic rings. The summed E-state index contributed by atoms with van der Waals surface area (Å²) in [6.45, 7) is 8.27. The lowest BCUT2D eigenvalue weighted by molar-refractivity contribution is -0.123. The topological polar surface area (TPSA) is 72.7 Å². The van der Waals surface area contributed by atoms with E-state index in [1.54, 1.807) is 0 Å². The van der Waals surface area contributed by atoms with Gasteiger partial charge in [-0.3, -0.25) is 4.79 Å². The smallest absolute Gasteiger partial charge is 0.243 e. The number of benzene rings is 1. The number of aryl methyl sites for hydroxylation is 1. The molecule has 22 heavy (non-hydrogen) atoms. The molecule has 0 unspecified atom stereocenters. The van der Waals surface area contributed by atoms with E-state index in [2.05, 4.69) is 53.6 Å². The fraction of sp³-hybridized carbons (Fsp3) is 0.500. The molecule has 1 aromatic carbocycles. The van der Waals surface area contributed by atoms with Crippen LogP contribution in [0.2, 0.25) is 0 Å². The van der Waals surface area contributed by atoms with Crippen LogP contribution in [0, 0.1) is 12.8 Å². The van der Waals surface area contributed by atoms with Gasteiger partial charge < -0.3 is 5.32 Å². The number of nitrogens with one attached hydrogen (secondary N) is 1. The van der Waals surface area contributed by atoms with Gasteiger partial charge in [-0.05, 0) is 30.5 Å². The fourth-order valence-electron chi connectivity index (χ4n) is 1.90. The van der Waals surface area contributed by atoms with E-state index in [0.717, 1.165) is 5.56 Å². The Labute approximate surface area is 130 Å². The number of hydrogen-bond donors (Lipinski definition) is 1. The molecule has 0 saturated carbocycles. The maximum absolute atomic E-state index is 11.9. The molecule has 1 amide bonds. The fourth-order valence-corrected chi connectivity index (χ4v) is 1.90. The van der Waals surface area contributed by atoms with Crippen LogP contribution in [-0.4, -0.2) is 32.2 Å². The van der Waals surface area contributed by atoms with E-state index in [1.807, 2.05) is 19.1 Å². The van der Waals surface area contributed by atoms with Gasteiger partial charge in [0, 0.05) is 12.5 Å². The van der Waals surface area contributed by atoms with E-state index in [1.165, 1.54) is 10.4 Å². The number of carbonyl (C=O) groups is 1. The summed E-state index contributed by atoms with van der Waals surface area (Å²) in [6, 6.07) is 8.34. The standard InChI is InChI=1S/C16H23N5O/c1-11(2)13(4)17-16(22)10-21-19-15(18-20-21)9-14-7-5-12(3)6-8-14/h5-8,11,13H,9-10H2,1-4H3,(H,17,22)/t13-/m0/s1. The Morgan fingerprint density at radius 2 is 1.91 bits per heavy atom. The van der Waals surface area contributed by atoms with Crippen molar-refractivity contribution in [1.82, 2.24) is 25.5 Å². The molecule has 1 heterocycles. The molecule has 0 aliphatic heterocycles. The summed E-state index contributed by atoms with van der Waals surface area (Å²) in [5.74, 6) is 0.916. The van der Waals surface area contributed by atoms with Crippen molar-refractivity contribution in [2.75, 3.05) is 0 Å². The van der Waals surface area contributed by atoms with Gasteiger partial charge in [0.25, 0.3) is 0 Å². The van der Waals surface area contributed by atoms with Crippen LogP contribution in [0.25, 0.3) is 0 Å². The van der Waals surface area contributed by atoms with E-state index < -0.39 is 0 Å².